The second-order valence-electron chi connectivity index (χ2n) is 7.72. The molecule has 162 valence electrons. The first-order valence-corrected chi connectivity index (χ1v) is 10.7. The summed E-state index contributed by atoms with van der Waals surface area (Å²) >= 11 is 0. The summed E-state index contributed by atoms with van der Waals surface area (Å²) in [7, 11) is 3.34. The molecule has 31 heavy (non-hydrogen) atoms. The van der Waals surface area contributed by atoms with Crippen molar-refractivity contribution in [3.05, 3.63) is 83.9 Å². The first-order valence-electron chi connectivity index (χ1n) is 10.7. The van der Waals surface area contributed by atoms with E-state index in [4.69, 9.17) is 14.2 Å². The Bertz CT molecular complexity index is 952. The van der Waals surface area contributed by atoms with E-state index in [0.717, 1.165) is 50.0 Å². The fourth-order valence-corrected chi connectivity index (χ4v) is 3.90. The molecule has 1 fully saturated rings. The van der Waals surface area contributed by atoms with Gasteiger partial charge in [-0.05, 0) is 47.5 Å². The Hall–Kier alpha value is -3.18. The lowest BCUT2D eigenvalue weighted by molar-refractivity contribution is 0.249. The molecular formula is C26H30N2O3. The second-order valence-corrected chi connectivity index (χ2v) is 7.72. The van der Waals surface area contributed by atoms with Gasteiger partial charge in [-0.15, -0.1) is 0 Å². The Morgan fingerprint density at radius 1 is 0.710 bits per heavy atom. The Morgan fingerprint density at radius 2 is 1.42 bits per heavy atom. The summed E-state index contributed by atoms with van der Waals surface area (Å²) in [5.41, 5.74) is 3.67. The average Bonchev–Trinajstić information content (AvgIpc) is 2.84. The smallest absolute Gasteiger partial charge is 0.161 e. The molecule has 5 heteroatoms. The molecular weight excluding hydrogens is 388 g/mol. The molecule has 0 unspecified atom stereocenters. The van der Waals surface area contributed by atoms with Crippen molar-refractivity contribution in [1.82, 2.24) is 4.90 Å². The van der Waals surface area contributed by atoms with E-state index < -0.39 is 0 Å². The molecule has 1 aliphatic heterocycles. The zero-order valence-corrected chi connectivity index (χ0v) is 18.3. The predicted octanol–water partition coefficient (Wildman–Crippen LogP) is 4.61. The lowest BCUT2D eigenvalue weighted by Gasteiger charge is -2.36. The number of hydrogen-bond donors (Lipinski definition) is 0. The maximum absolute atomic E-state index is 5.91. The van der Waals surface area contributed by atoms with Gasteiger partial charge in [-0.3, -0.25) is 4.90 Å². The predicted molar refractivity (Wildman–Crippen MR) is 124 cm³/mol. The number of piperazine rings is 1. The minimum Gasteiger partial charge on any atom is -0.493 e. The van der Waals surface area contributed by atoms with Crippen LogP contribution in [-0.2, 0) is 13.2 Å². The molecule has 3 aromatic carbocycles. The summed E-state index contributed by atoms with van der Waals surface area (Å²) in [6.45, 7) is 5.59. The Balaban J connectivity index is 1.27. The highest BCUT2D eigenvalue weighted by molar-refractivity contribution is 5.49. The van der Waals surface area contributed by atoms with Crippen molar-refractivity contribution >= 4 is 5.69 Å². The van der Waals surface area contributed by atoms with Gasteiger partial charge in [0.1, 0.15) is 12.4 Å². The van der Waals surface area contributed by atoms with Gasteiger partial charge in [0.25, 0.3) is 0 Å². The summed E-state index contributed by atoms with van der Waals surface area (Å²) in [4.78, 5) is 4.92. The van der Waals surface area contributed by atoms with Gasteiger partial charge < -0.3 is 19.1 Å². The van der Waals surface area contributed by atoms with Gasteiger partial charge in [0.15, 0.2) is 11.5 Å². The molecule has 0 aromatic heterocycles. The molecule has 0 bridgehead atoms. The Labute approximate surface area is 184 Å². The normalized spacial score (nSPS) is 14.3. The van der Waals surface area contributed by atoms with Gasteiger partial charge in [-0.25, -0.2) is 0 Å². The van der Waals surface area contributed by atoms with Gasteiger partial charge in [-0.1, -0.05) is 36.4 Å². The third-order valence-electron chi connectivity index (χ3n) is 5.68. The molecule has 5 nitrogen and oxygen atoms in total. The van der Waals surface area contributed by atoms with Crippen molar-refractivity contribution < 1.29 is 14.2 Å². The van der Waals surface area contributed by atoms with Gasteiger partial charge in [0, 0.05) is 38.4 Å². The maximum Gasteiger partial charge on any atom is 0.161 e. The quantitative estimate of drug-likeness (QED) is 0.534. The van der Waals surface area contributed by atoms with Crippen LogP contribution >= 0.6 is 0 Å². The van der Waals surface area contributed by atoms with Crippen LogP contribution < -0.4 is 19.1 Å². The van der Waals surface area contributed by atoms with Crippen molar-refractivity contribution in [2.24, 2.45) is 0 Å². The van der Waals surface area contributed by atoms with Crippen LogP contribution in [0.5, 0.6) is 17.2 Å². The van der Waals surface area contributed by atoms with E-state index >= 15 is 0 Å². The monoisotopic (exact) mass is 418 g/mol. The van der Waals surface area contributed by atoms with E-state index in [0.29, 0.717) is 6.61 Å². The first-order chi connectivity index (χ1) is 15.2. The summed E-state index contributed by atoms with van der Waals surface area (Å²) in [5.74, 6) is 2.46. The van der Waals surface area contributed by atoms with Crippen LogP contribution in [-0.4, -0.2) is 45.3 Å². The number of ether oxygens (including phenoxy) is 3. The lowest BCUT2D eigenvalue weighted by atomic mass is 10.1. The van der Waals surface area contributed by atoms with Crippen LogP contribution in [0.3, 0.4) is 0 Å². The summed E-state index contributed by atoms with van der Waals surface area (Å²) in [5, 5.41) is 0. The lowest BCUT2D eigenvalue weighted by Crippen LogP contribution is -2.45. The van der Waals surface area contributed by atoms with E-state index in [-0.39, 0.29) is 0 Å². The van der Waals surface area contributed by atoms with Crippen LogP contribution in [0.4, 0.5) is 5.69 Å². The number of methoxy groups -OCH3 is 2. The molecule has 3 aromatic rings. The molecule has 0 atom stereocenters. The number of rotatable bonds is 8. The van der Waals surface area contributed by atoms with Gasteiger partial charge in [0.2, 0.25) is 0 Å². The van der Waals surface area contributed by atoms with Crippen molar-refractivity contribution in [2.45, 2.75) is 13.2 Å². The molecule has 0 amide bonds. The number of hydrogen-bond acceptors (Lipinski definition) is 5. The van der Waals surface area contributed by atoms with Gasteiger partial charge in [-0.2, -0.15) is 0 Å². The van der Waals surface area contributed by atoms with E-state index in [1.54, 1.807) is 14.2 Å². The molecule has 0 N–H and O–H groups in total. The highest BCUT2D eigenvalue weighted by Crippen LogP contribution is 2.28. The standard InChI is InChI=1S/C26H30N2O3/c1-29-25-13-8-22(18-26(25)30-2)19-27-14-16-28(17-15-27)23-9-11-24(12-10-23)31-20-21-6-4-3-5-7-21/h3-13,18H,14-17,19-20H2,1-2H3. The highest BCUT2D eigenvalue weighted by Gasteiger charge is 2.18. The number of benzene rings is 3. The fraction of sp³-hybridized carbons (Fsp3) is 0.308. The summed E-state index contributed by atoms with van der Waals surface area (Å²) in [6, 6.07) is 24.8. The third-order valence-corrected chi connectivity index (χ3v) is 5.68. The number of nitrogens with zero attached hydrogens (tertiary/aromatic N) is 2. The van der Waals surface area contributed by atoms with E-state index in [9.17, 15) is 0 Å². The highest BCUT2D eigenvalue weighted by atomic mass is 16.5. The topological polar surface area (TPSA) is 34.2 Å². The number of anilines is 1. The minimum atomic E-state index is 0.592. The summed E-state index contributed by atoms with van der Waals surface area (Å²) < 4.78 is 16.7. The summed E-state index contributed by atoms with van der Waals surface area (Å²) in [6.07, 6.45) is 0. The molecule has 1 aliphatic rings. The van der Waals surface area contributed by atoms with E-state index in [2.05, 4.69) is 58.3 Å². The largest absolute Gasteiger partial charge is 0.493 e. The van der Waals surface area contributed by atoms with Crippen LogP contribution in [0.25, 0.3) is 0 Å². The van der Waals surface area contributed by atoms with Crippen molar-refractivity contribution in [2.75, 3.05) is 45.3 Å². The molecule has 1 heterocycles. The average molecular weight is 419 g/mol. The van der Waals surface area contributed by atoms with Crippen molar-refractivity contribution in [1.29, 1.82) is 0 Å². The van der Waals surface area contributed by atoms with Crippen LogP contribution in [0.2, 0.25) is 0 Å². The molecule has 0 spiro atoms. The molecule has 0 radical (unpaired) electrons. The van der Waals surface area contributed by atoms with Crippen LogP contribution in [0, 0.1) is 0 Å². The second kappa shape index (κ2) is 10.2. The maximum atomic E-state index is 5.91. The Kier molecular flexibility index (Phi) is 6.95. The zero-order chi connectivity index (χ0) is 21.5. The van der Waals surface area contributed by atoms with E-state index in [1.807, 2.05) is 24.3 Å². The molecule has 4 rings (SSSR count). The van der Waals surface area contributed by atoms with Crippen LogP contribution in [0.15, 0.2) is 72.8 Å². The Morgan fingerprint density at radius 3 is 2.10 bits per heavy atom. The van der Waals surface area contributed by atoms with E-state index in [1.165, 1.54) is 16.8 Å². The van der Waals surface area contributed by atoms with Crippen LogP contribution in [0.1, 0.15) is 11.1 Å². The zero-order valence-electron chi connectivity index (χ0n) is 18.3. The van der Waals surface area contributed by atoms with Gasteiger partial charge >= 0.3 is 0 Å². The van der Waals surface area contributed by atoms with Crippen molar-refractivity contribution in [3.63, 3.8) is 0 Å². The minimum absolute atomic E-state index is 0.592. The van der Waals surface area contributed by atoms with Gasteiger partial charge in [0.05, 0.1) is 14.2 Å². The third kappa shape index (κ3) is 5.50. The fourth-order valence-electron chi connectivity index (χ4n) is 3.90. The molecule has 0 aliphatic carbocycles. The SMILES string of the molecule is COc1ccc(CN2CCN(c3ccc(OCc4ccccc4)cc3)CC2)cc1OC. The van der Waals surface area contributed by atoms with Crippen molar-refractivity contribution in [3.8, 4) is 17.2 Å². The molecule has 1 saturated heterocycles. The molecule has 0 saturated carbocycles. The first kappa shape index (κ1) is 21.1.